The smallest absolute Gasteiger partial charge is 0.0614 e. The first-order valence-corrected chi connectivity index (χ1v) is 8.90. The first-order chi connectivity index (χ1) is 9.28. The molecule has 1 aromatic rings. The predicted octanol–water partition coefficient (Wildman–Crippen LogP) is 2.86. The lowest BCUT2D eigenvalue weighted by atomic mass is 9.61. The van der Waals surface area contributed by atoms with Crippen LogP contribution in [0.3, 0.4) is 0 Å². The first kappa shape index (κ1) is 10.6. The van der Waals surface area contributed by atoms with E-state index in [1.165, 1.54) is 6.42 Å². The lowest BCUT2D eigenvalue weighted by Gasteiger charge is -2.43. The van der Waals surface area contributed by atoms with E-state index < -0.39 is 0 Å². The van der Waals surface area contributed by atoms with Crippen molar-refractivity contribution in [1.82, 2.24) is 0 Å². The number of benzene rings is 1. The Balaban J connectivity index is 1.68. The monoisotopic (exact) mass is 364 g/mol. The number of halogens is 1. The zero-order valence-electron chi connectivity index (χ0n) is 10.6. The molecule has 6 bridgehead atoms. The summed E-state index contributed by atoms with van der Waals surface area (Å²) in [4.78, 5) is 0. The van der Waals surface area contributed by atoms with E-state index in [1.807, 2.05) is 0 Å². The molecule has 1 nitrogen and oxygen atoms in total. The fraction of sp³-hybridized carbons (Fsp3) is 0.647. The topological polar surface area (TPSA) is 20.2 Å². The van der Waals surface area contributed by atoms with Crippen molar-refractivity contribution in [2.75, 3.05) is 0 Å². The van der Waals surface area contributed by atoms with E-state index in [2.05, 4.69) is 52.9 Å². The Labute approximate surface area is 126 Å². The molecule has 0 saturated heterocycles. The number of alkyl halides is 1. The van der Waals surface area contributed by atoms with Crippen LogP contribution in [0, 0.1) is 41.4 Å². The average Bonchev–Trinajstić information content (AvgIpc) is 3.15. The molecule has 19 heavy (non-hydrogen) atoms. The van der Waals surface area contributed by atoms with Crippen molar-refractivity contribution in [1.29, 1.82) is 0 Å². The van der Waals surface area contributed by atoms with E-state index in [-0.39, 0.29) is 6.10 Å². The zero-order valence-corrected chi connectivity index (χ0v) is 12.8. The number of aliphatic hydroxyl groups excluding tert-OH is 1. The molecule has 0 amide bonds. The van der Waals surface area contributed by atoms with Crippen LogP contribution >= 0.6 is 22.6 Å². The average molecular weight is 364 g/mol. The Morgan fingerprint density at radius 1 is 1.00 bits per heavy atom. The largest absolute Gasteiger partial charge is 0.392 e. The summed E-state index contributed by atoms with van der Waals surface area (Å²) in [5, 5.41) is 10.8. The van der Waals surface area contributed by atoms with Gasteiger partial charge in [0.2, 0.25) is 0 Å². The van der Waals surface area contributed by atoms with Gasteiger partial charge in [-0.3, -0.25) is 0 Å². The third-order valence-corrected chi connectivity index (χ3v) is 9.56. The summed E-state index contributed by atoms with van der Waals surface area (Å²) in [6.07, 6.45) is 1.45. The molecule has 1 aromatic carbocycles. The van der Waals surface area contributed by atoms with Crippen molar-refractivity contribution >= 4 is 22.6 Å². The molecule has 0 aliphatic heterocycles. The molecular formula is C17H17IO. The van der Waals surface area contributed by atoms with Gasteiger partial charge in [-0.05, 0) is 53.4 Å². The van der Waals surface area contributed by atoms with Crippen molar-refractivity contribution in [2.45, 2.75) is 21.9 Å². The Hall–Kier alpha value is -0.0900. The van der Waals surface area contributed by atoms with Crippen molar-refractivity contribution in [3.63, 3.8) is 0 Å². The standard InChI is InChI=1S/C17H17IO/c18-16-11-9-6-8-10(11)14-15(19)12(8)13(9)17(14,16)7-4-2-1-3-5-7/h1-5,8-16,19H,6H2/t8-,9+,10?,11?,12?,13?,14?,15?,16?,17-/m1/s1. The second-order valence-electron chi connectivity index (χ2n) is 7.54. The van der Waals surface area contributed by atoms with Gasteiger partial charge in [0.05, 0.1) is 6.10 Å². The van der Waals surface area contributed by atoms with Crippen LogP contribution in [0.1, 0.15) is 12.0 Å². The van der Waals surface area contributed by atoms with Crippen LogP contribution in [0.15, 0.2) is 30.3 Å². The van der Waals surface area contributed by atoms with Crippen LogP contribution in [-0.4, -0.2) is 15.1 Å². The minimum absolute atomic E-state index is 0.00923. The maximum atomic E-state index is 10.8. The van der Waals surface area contributed by atoms with Crippen molar-refractivity contribution in [3.05, 3.63) is 35.9 Å². The molecule has 6 fully saturated rings. The van der Waals surface area contributed by atoms with Crippen LogP contribution < -0.4 is 0 Å². The van der Waals surface area contributed by atoms with Crippen LogP contribution in [-0.2, 0) is 5.41 Å². The number of rotatable bonds is 1. The van der Waals surface area contributed by atoms with Gasteiger partial charge in [-0.25, -0.2) is 0 Å². The molecular weight excluding hydrogens is 347 g/mol. The van der Waals surface area contributed by atoms with Gasteiger partial charge in [-0.2, -0.15) is 0 Å². The van der Waals surface area contributed by atoms with Crippen LogP contribution in [0.5, 0.6) is 0 Å². The third kappa shape index (κ3) is 0.787. The number of hydrogen-bond donors (Lipinski definition) is 1. The van der Waals surface area contributed by atoms with E-state index in [4.69, 9.17) is 0 Å². The summed E-state index contributed by atoms with van der Waals surface area (Å²) in [7, 11) is 0. The van der Waals surface area contributed by atoms with Crippen LogP contribution in [0.25, 0.3) is 0 Å². The second kappa shape index (κ2) is 2.92. The minimum Gasteiger partial charge on any atom is -0.392 e. The molecule has 1 N–H and O–H groups in total. The zero-order chi connectivity index (χ0) is 12.5. The highest BCUT2D eigenvalue weighted by Gasteiger charge is 2.88. The Morgan fingerprint density at radius 2 is 1.79 bits per heavy atom. The molecule has 6 aliphatic rings. The van der Waals surface area contributed by atoms with Crippen molar-refractivity contribution in [2.24, 2.45) is 41.4 Å². The maximum absolute atomic E-state index is 10.8. The summed E-state index contributed by atoms with van der Waals surface area (Å²) < 4.78 is 0.768. The molecule has 7 rings (SSSR count). The molecule has 0 aromatic heterocycles. The quantitative estimate of drug-likeness (QED) is 0.600. The van der Waals surface area contributed by atoms with Crippen molar-refractivity contribution in [3.8, 4) is 0 Å². The summed E-state index contributed by atoms with van der Waals surface area (Å²) >= 11 is 2.76. The van der Waals surface area contributed by atoms with Gasteiger partial charge >= 0.3 is 0 Å². The van der Waals surface area contributed by atoms with Gasteiger partial charge in [0, 0.05) is 9.34 Å². The molecule has 6 saturated carbocycles. The van der Waals surface area contributed by atoms with Gasteiger partial charge in [0.1, 0.15) is 0 Å². The predicted molar refractivity (Wildman–Crippen MR) is 81.0 cm³/mol. The van der Waals surface area contributed by atoms with Crippen LogP contribution in [0.4, 0.5) is 0 Å². The van der Waals surface area contributed by atoms with Gasteiger partial charge < -0.3 is 5.11 Å². The highest BCUT2D eigenvalue weighted by Crippen LogP contribution is 2.88. The molecule has 6 aliphatic carbocycles. The summed E-state index contributed by atoms with van der Waals surface area (Å²) in [5.74, 6) is 5.65. The Bertz CT molecular complexity index is 582. The van der Waals surface area contributed by atoms with Crippen LogP contribution in [0.2, 0.25) is 0 Å². The number of hydrogen-bond acceptors (Lipinski definition) is 1. The molecule has 0 heterocycles. The lowest BCUT2D eigenvalue weighted by molar-refractivity contribution is 0.103. The van der Waals surface area contributed by atoms with Gasteiger partial charge in [-0.1, -0.05) is 52.9 Å². The van der Waals surface area contributed by atoms with E-state index >= 15 is 0 Å². The second-order valence-corrected chi connectivity index (χ2v) is 8.88. The van der Waals surface area contributed by atoms with E-state index in [1.54, 1.807) is 5.56 Å². The summed E-state index contributed by atoms with van der Waals surface area (Å²) in [6.45, 7) is 0. The fourth-order valence-corrected chi connectivity index (χ4v) is 10.1. The van der Waals surface area contributed by atoms with E-state index in [9.17, 15) is 5.11 Å². The van der Waals surface area contributed by atoms with E-state index in [0.29, 0.717) is 17.3 Å². The molecule has 7 unspecified atom stereocenters. The van der Waals surface area contributed by atoms with Crippen molar-refractivity contribution < 1.29 is 5.11 Å². The Morgan fingerprint density at radius 3 is 2.58 bits per heavy atom. The summed E-state index contributed by atoms with van der Waals surface area (Å²) in [6, 6.07) is 11.2. The highest BCUT2D eigenvalue weighted by atomic mass is 127. The molecule has 0 spiro atoms. The maximum Gasteiger partial charge on any atom is 0.0614 e. The SMILES string of the molecule is OC1C2C3[C@H]4C[C@@H]2C2C4C(I)[C@@]3(c3ccccc3)C12. The summed E-state index contributed by atoms with van der Waals surface area (Å²) in [5.41, 5.74) is 1.88. The Kier molecular flexibility index (Phi) is 1.63. The lowest BCUT2D eigenvalue weighted by Crippen LogP contribution is -2.43. The van der Waals surface area contributed by atoms with Gasteiger partial charge in [0.25, 0.3) is 0 Å². The fourth-order valence-electron chi connectivity index (χ4n) is 7.85. The van der Waals surface area contributed by atoms with E-state index in [0.717, 1.165) is 33.5 Å². The molecule has 10 atom stereocenters. The van der Waals surface area contributed by atoms with Gasteiger partial charge in [-0.15, -0.1) is 0 Å². The molecule has 98 valence electrons. The first-order valence-electron chi connectivity index (χ1n) is 7.65. The molecule has 2 heteroatoms. The number of aliphatic hydroxyl groups is 1. The minimum atomic E-state index is 0.00923. The highest BCUT2D eigenvalue weighted by molar-refractivity contribution is 14.1. The van der Waals surface area contributed by atoms with Gasteiger partial charge in [0.15, 0.2) is 0 Å². The third-order valence-electron chi connectivity index (χ3n) is 7.70. The normalized spacial score (nSPS) is 65.9. The molecule has 0 radical (unpaired) electrons.